The SMILES string of the molecule is CCN(c1ccccc1)S(=O)(=O)c1cc(C)ccc1N=Nc1c(N)ccc2cc(S)cc(O)c12. The van der Waals surface area contributed by atoms with Gasteiger partial charge in [-0.2, -0.15) is 0 Å². The van der Waals surface area contributed by atoms with E-state index < -0.39 is 10.0 Å². The van der Waals surface area contributed by atoms with Crippen LogP contribution in [-0.4, -0.2) is 20.1 Å². The molecule has 34 heavy (non-hydrogen) atoms. The van der Waals surface area contributed by atoms with Gasteiger partial charge in [0.25, 0.3) is 10.0 Å². The second-order valence-corrected chi connectivity index (χ2v) is 10.1. The van der Waals surface area contributed by atoms with Crippen LogP contribution in [-0.2, 0) is 10.0 Å². The van der Waals surface area contributed by atoms with E-state index in [0.29, 0.717) is 27.0 Å². The molecule has 0 aliphatic heterocycles. The number of fused-ring (bicyclic) bond motifs is 1. The van der Waals surface area contributed by atoms with E-state index in [0.717, 1.165) is 5.56 Å². The van der Waals surface area contributed by atoms with E-state index in [1.807, 2.05) is 13.0 Å². The van der Waals surface area contributed by atoms with Crippen molar-refractivity contribution in [2.75, 3.05) is 16.6 Å². The van der Waals surface area contributed by atoms with Crippen molar-refractivity contribution in [3.63, 3.8) is 0 Å². The molecule has 0 spiro atoms. The summed E-state index contributed by atoms with van der Waals surface area (Å²) in [4.78, 5) is 0.618. The first-order valence-electron chi connectivity index (χ1n) is 10.6. The van der Waals surface area contributed by atoms with Crippen LogP contribution in [0.2, 0.25) is 0 Å². The van der Waals surface area contributed by atoms with Gasteiger partial charge in [0.1, 0.15) is 22.0 Å². The first kappa shape index (κ1) is 23.6. The van der Waals surface area contributed by atoms with Crippen LogP contribution in [0.25, 0.3) is 10.8 Å². The Morgan fingerprint density at radius 3 is 2.44 bits per heavy atom. The van der Waals surface area contributed by atoms with Crippen LogP contribution in [0.5, 0.6) is 5.75 Å². The van der Waals surface area contributed by atoms with Gasteiger partial charge in [-0.15, -0.1) is 22.9 Å². The molecule has 0 amide bonds. The van der Waals surface area contributed by atoms with Crippen molar-refractivity contribution >= 4 is 56.2 Å². The van der Waals surface area contributed by atoms with Crippen LogP contribution in [0.1, 0.15) is 12.5 Å². The molecule has 0 aromatic heterocycles. The number of azo groups is 1. The summed E-state index contributed by atoms with van der Waals surface area (Å²) in [5.41, 5.74) is 8.19. The molecule has 0 radical (unpaired) electrons. The van der Waals surface area contributed by atoms with Gasteiger partial charge < -0.3 is 10.8 Å². The zero-order chi connectivity index (χ0) is 24.5. The van der Waals surface area contributed by atoms with Crippen molar-refractivity contribution in [1.29, 1.82) is 0 Å². The largest absolute Gasteiger partial charge is 0.507 e. The van der Waals surface area contributed by atoms with Gasteiger partial charge in [0, 0.05) is 11.4 Å². The molecule has 174 valence electrons. The van der Waals surface area contributed by atoms with Gasteiger partial charge in [0.05, 0.1) is 16.8 Å². The maximum atomic E-state index is 13.7. The number of hydrogen-bond donors (Lipinski definition) is 3. The number of nitrogens with two attached hydrogens (primary N) is 1. The standard InChI is InChI=1S/C25H24N4O3S2/c1-3-29(18-7-5-4-6-8-18)34(31,32)23-13-16(2)9-12-21(23)27-28-25-20(26)11-10-17-14-19(33)15-22(30)24(17)25/h4-15,30,33H,3,26H2,1-2H3. The van der Waals surface area contributed by atoms with Crippen molar-refractivity contribution in [3.8, 4) is 5.75 Å². The van der Waals surface area contributed by atoms with Crippen LogP contribution in [0.3, 0.4) is 0 Å². The summed E-state index contributed by atoms with van der Waals surface area (Å²) >= 11 is 4.30. The first-order valence-corrected chi connectivity index (χ1v) is 12.5. The smallest absolute Gasteiger partial charge is 0.266 e. The van der Waals surface area contributed by atoms with E-state index in [-0.39, 0.29) is 28.6 Å². The Labute approximate surface area is 204 Å². The zero-order valence-corrected chi connectivity index (χ0v) is 20.4. The Morgan fingerprint density at radius 1 is 1.00 bits per heavy atom. The fraction of sp³-hybridized carbons (Fsp3) is 0.120. The lowest BCUT2D eigenvalue weighted by atomic mass is 10.1. The predicted octanol–water partition coefficient (Wildman–Crippen LogP) is 6.36. The maximum absolute atomic E-state index is 13.7. The molecule has 0 saturated carbocycles. The van der Waals surface area contributed by atoms with E-state index in [1.54, 1.807) is 67.6 Å². The number of aromatic hydroxyl groups is 1. The van der Waals surface area contributed by atoms with E-state index >= 15 is 0 Å². The molecule has 0 atom stereocenters. The second kappa shape index (κ2) is 9.36. The molecule has 0 bridgehead atoms. The number of benzene rings is 4. The Hall–Kier alpha value is -3.56. The molecule has 0 unspecified atom stereocenters. The molecule has 0 aliphatic rings. The third-order valence-corrected chi connectivity index (χ3v) is 7.55. The van der Waals surface area contributed by atoms with E-state index in [2.05, 4.69) is 22.9 Å². The Kier molecular flexibility index (Phi) is 6.49. The van der Waals surface area contributed by atoms with Crippen molar-refractivity contribution in [2.24, 2.45) is 10.2 Å². The Balaban J connectivity index is 1.86. The van der Waals surface area contributed by atoms with Gasteiger partial charge in [-0.1, -0.05) is 30.3 Å². The second-order valence-electron chi connectivity index (χ2n) is 7.74. The van der Waals surface area contributed by atoms with Gasteiger partial charge in [-0.3, -0.25) is 4.31 Å². The number of thiol groups is 1. The number of aryl methyl sites for hydroxylation is 1. The number of anilines is 2. The summed E-state index contributed by atoms with van der Waals surface area (Å²) in [6.07, 6.45) is 0. The van der Waals surface area contributed by atoms with Crippen molar-refractivity contribution in [3.05, 3.63) is 78.4 Å². The van der Waals surface area contributed by atoms with Crippen molar-refractivity contribution in [2.45, 2.75) is 23.6 Å². The highest BCUT2D eigenvalue weighted by molar-refractivity contribution is 7.93. The first-order chi connectivity index (χ1) is 16.2. The van der Waals surface area contributed by atoms with Crippen LogP contribution < -0.4 is 10.0 Å². The molecule has 0 saturated heterocycles. The fourth-order valence-corrected chi connectivity index (χ4v) is 5.70. The molecule has 9 heteroatoms. The third kappa shape index (κ3) is 4.44. The third-order valence-electron chi connectivity index (χ3n) is 5.36. The monoisotopic (exact) mass is 492 g/mol. The highest BCUT2D eigenvalue weighted by Crippen LogP contribution is 2.41. The quantitative estimate of drug-likeness (QED) is 0.165. The van der Waals surface area contributed by atoms with Crippen molar-refractivity contribution < 1.29 is 13.5 Å². The van der Waals surface area contributed by atoms with E-state index in [1.165, 1.54) is 10.4 Å². The lowest BCUT2D eigenvalue weighted by Gasteiger charge is -2.23. The number of nitrogen functional groups attached to an aromatic ring is 1. The molecular weight excluding hydrogens is 468 g/mol. The maximum Gasteiger partial charge on any atom is 0.266 e. The molecule has 7 nitrogen and oxygen atoms in total. The van der Waals surface area contributed by atoms with Crippen LogP contribution in [0, 0.1) is 6.92 Å². The lowest BCUT2D eigenvalue weighted by molar-refractivity contribution is 0.480. The number of phenolic OH excluding ortho intramolecular Hbond substituents is 1. The van der Waals surface area contributed by atoms with Crippen LogP contribution in [0.4, 0.5) is 22.7 Å². The lowest BCUT2D eigenvalue weighted by Crippen LogP contribution is -2.30. The number of para-hydroxylation sites is 1. The molecule has 4 aromatic carbocycles. The average Bonchev–Trinajstić information content (AvgIpc) is 2.80. The summed E-state index contributed by atoms with van der Waals surface area (Å²) in [6, 6.07) is 20.5. The van der Waals surface area contributed by atoms with Crippen molar-refractivity contribution in [1.82, 2.24) is 0 Å². The molecular formula is C25H24N4O3S2. The molecule has 4 aromatic rings. The average molecular weight is 493 g/mol. The van der Waals surface area contributed by atoms with Gasteiger partial charge >= 0.3 is 0 Å². The highest BCUT2D eigenvalue weighted by Gasteiger charge is 2.27. The zero-order valence-electron chi connectivity index (χ0n) is 18.7. The Morgan fingerprint density at radius 2 is 1.74 bits per heavy atom. The van der Waals surface area contributed by atoms with Crippen LogP contribution >= 0.6 is 12.6 Å². The normalized spacial score (nSPS) is 11.9. The van der Waals surface area contributed by atoms with Crippen LogP contribution in [0.15, 0.2) is 92.8 Å². The number of rotatable bonds is 6. The molecule has 0 aliphatic carbocycles. The molecule has 0 heterocycles. The van der Waals surface area contributed by atoms with E-state index in [4.69, 9.17) is 5.73 Å². The minimum atomic E-state index is -3.94. The van der Waals surface area contributed by atoms with Gasteiger partial charge in [-0.25, -0.2) is 8.42 Å². The summed E-state index contributed by atoms with van der Waals surface area (Å²) in [5.74, 6) is -0.0401. The predicted molar refractivity (Wildman–Crippen MR) is 139 cm³/mol. The summed E-state index contributed by atoms with van der Waals surface area (Å²) in [5, 5.41) is 20.2. The molecule has 3 N–H and O–H groups in total. The van der Waals surface area contributed by atoms with Gasteiger partial charge in [-0.05, 0) is 67.3 Å². The molecule has 4 rings (SSSR count). The minimum Gasteiger partial charge on any atom is -0.507 e. The fourth-order valence-electron chi connectivity index (χ4n) is 3.75. The number of sulfonamides is 1. The summed E-state index contributed by atoms with van der Waals surface area (Å²) in [6.45, 7) is 3.83. The minimum absolute atomic E-state index is 0.0302. The highest BCUT2D eigenvalue weighted by atomic mass is 32.2. The number of nitrogens with zero attached hydrogens (tertiary/aromatic N) is 3. The molecule has 0 fully saturated rings. The summed E-state index contributed by atoms with van der Waals surface area (Å²) in [7, 11) is -3.94. The summed E-state index contributed by atoms with van der Waals surface area (Å²) < 4.78 is 28.7. The number of phenols is 1. The van der Waals surface area contributed by atoms with E-state index in [9.17, 15) is 13.5 Å². The number of hydrogen-bond acceptors (Lipinski definition) is 7. The van der Waals surface area contributed by atoms with Gasteiger partial charge in [0.15, 0.2) is 0 Å². The van der Waals surface area contributed by atoms with Gasteiger partial charge in [0.2, 0.25) is 0 Å². The Bertz CT molecular complexity index is 1500. The topological polar surface area (TPSA) is 108 Å².